The van der Waals surface area contributed by atoms with Crippen LogP contribution in [-0.2, 0) is 0 Å². The summed E-state index contributed by atoms with van der Waals surface area (Å²) in [6.45, 7) is 0.473. The van der Waals surface area contributed by atoms with Crippen LogP contribution in [0.1, 0.15) is 12.1 Å². The number of nitriles is 1. The third-order valence-corrected chi connectivity index (χ3v) is 3.68. The Hall–Kier alpha value is -1.32. The van der Waals surface area contributed by atoms with Crippen LogP contribution < -0.4 is 5.32 Å². The monoisotopic (exact) mass is 236 g/mol. The SMILES string of the molecule is N#Cc1cnc(NCC2(O)CCSC2)cn1. The molecule has 5 nitrogen and oxygen atoms in total. The molecule has 1 aromatic heterocycles. The summed E-state index contributed by atoms with van der Waals surface area (Å²) in [5.74, 6) is 2.34. The second-order valence-corrected chi connectivity index (χ2v) is 4.88. The number of hydrogen-bond acceptors (Lipinski definition) is 6. The zero-order valence-electron chi connectivity index (χ0n) is 8.68. The van der Waals surface area contributed by atoms with Gasteiger partial charge in [0, 0.05) is 12.3 Å². The van der Waals surface area contributed by atoms with Crippen molar-refractivity contribution in [2.75, 3.05) is 23.4 Å². The van der Waals surface area contributed by atoms with E-state index in [1.807, 2.05) is 6.07 Å². The van der Waals surface area contributed by atoms with E-state index in [2.05, 4.69) is 15.3 Å². The first-order valence-electron chi connectivity index (χ1n) is 4.98. The molecule has 2 N–H and O–H groups in total. The van der Waals surface area contributed by atoms with Gasteiger partial charge in [-0.1, -0.05) is 0 Å². The van der Waals surface area contributed by atoms with Gasteiger partial charge in [0.2, 0.25) is 0 Å². The molecule has 0 aliphatic carbocycles. The molecule has 6 heteroatoms. The first kappa shape index (κ1) is 11.2. The van der Waals surface area contributed by atoms with Crippen molar-refractivity contribution in [1.29, 1.82) is 5.26 Å². The van der Waals surface area contributed by atoms with Gasteiger partial charge in [0.1, 0.15) is 11.9 Å². The Morgan fingerprint density at radius 1 is 1.56 bits per heavy atom. The smallest absolute Gasteiger partial charge is 0.158 e. The highest BCUT2D eigenvalue weighted by atomic mass is 32.2. The molecule has 0 amide bonds. The summed E-state index contributed by atoms with van der Waals surface area (Å²) in [4.78, 5) is 7.92. The molecular weight excluding hydrogens is 224 g/mol. The van der Waals surface area contributed by atoms with Crippen LogP contribution in [0.3, 0.4) is 0 Å². The van der Waals surface area contributed by atoms with Crippen LogP contribution in [0.5, 0.6) is 0 Å². The lowest BCUT2D eigenvalue weighted by atomic mass is 10.0. The van der Waals surface area contributed by atoms with E-state index >= 15 is 0 Å². The molecule has 0 aromatic carbocycles. The van der Waals surface area contributed by atoms with Crippen LogP contribution in [0.25, 0.3) is 0 Å². The van der Waals surface area contributed by atoms with E-state index in [0.717, 1.165) is 17.9 Å². The Morgan fingerprint density at radius 2 is 2.44 bits per heavy atom. The molecule has 2 rings (SSSR count). The molecule has 1 unspecified atom stereocenters. The van der Waals surface area contributed by atoms with Gasteiger partial charge in [0.25, 0.3) is 0 Å². The fraction of sp³-hybridized carbons (Fsp3) is 0.500. The molecule has 1 aliphatic heterocycles. The number of hydrogen-bond donors (Lipinski definition) is 2. The Bertz CT molecular complexity index is 394. The number of aliphatic hydroxyl groups is 1. The molecule has 1 atom stereocenters. The third kappa shape index (κ3) is 2.62. The molecule has 0 radical (unpaired) electrons. The van der Waals surface area contributed by atoms with E-state index in [0.29, 0.717) is 18.1 Å². The van der Waals surface area contributed by atoms with E-state index in [4.69, 9.17) is 5.26 Å². The maximum Gasteiger partial charge on any atom is 0.158 e. The van der Waals surface area contributed by atoms with Crippen LogP contribution in [-0.4, -0.2) is 38.7 Å². The number of aromatic nitrogens is 2. The Labute approximate surface area is 97.9 Å². The zero-order chi connectivity index (χ0) is 11.4. The quantitative estimate of drug-likeness (QED) is 0.801. The summed E-state index contributed by atoms with van der Waals surface area (Å²) in [6.07, 6.45) is 3.72. The lowest BCUT2D eigenvalue weighted by molar-refractivity contribution is 0.0819. The van der Waals surface area contributed by atoms with Gasteiger partial charge in [-0.05, 0) is 12.2 Å². The highest BCUT2D eigenvalue weighted by Gasteiger charge is 2.31. The van der Waals surface area contributed by atoms with Crippen molar-refractivity contribution in [3.8, 4) is 6.07 Å². The zero-order valence-corrected chi connectivity index (χ0v) is 9.50. The van der Waals surface area contributed by atoms with Gasteiger partial charge in [-0.25, -0.2) is 9.97 Å². The summed E-state index contributed by atoms with van der Waals surface area (Å²) < 4.78 is 0. The highest BCUT2D eigenvalue weighted by molar-refractivity contribution is 7.99. The minimum Gasteiger partial charge on any atom is -0.387 e. The molecule has 2 heterocycles. The minimum absolute atomic E-state index is 0.292. The number of rotatable bonds is 3. The number of nitrogens with one attached hydrogen (secondary N) is 1. The van der Waals surface area contributed by atoms with Gasteiger partial charge >= 0.3 is 0 Å². The molecule has 1 saturated heterocycles. The van der Waals surface area contributed by atoms with Gasteiger partial charge in [0.15, 0.2) is 5.69 Å². The van der Waals surface area contributed by atoms with Crippen molar-refractivity contribution < 1.29 is 5.11 Å². The first-order valence-corrected chi connectivity index (χ1v) is 6.13. The van der Waals surface area contributed by atoms with Crippen LogP contribution in [0.4, 0.5) is 5.82 Å². The molecule has 84 valence electrons. The van der Waals surface area contributed by atoms with E-state index < -0.39 is 5.60 Å². The van der Waals surface area contributed by atoms with E-state index in [9.17, 15) is 5.11 Å². The van der Waals surface area contributed by atoms with Crippen LogP contribution in [0.2, 0.25) is 0 Å². The predicted molar refractivity (Wildman–Crippen MR) is 62.1 cm³/mol. The van der Waals surface area contributed by atoms with Crippen molar-refractivity contribution in [3.05, 3.63) is 18.1 Å². The maximum atomic E-state index is 10.1. The molecule has 1 aromatic rings. The summed E-state index contributed by atoms with van der Waals surface area (Å²) in [7, 11) is 0. The standard InChI is InChI=1S/C10H12N4OS/c11-3-8-4-13-9(5-12-8)14-6-10(15)1-2-16-7-10/h4-5,15H,1-2,6-7H2,(H,13,14). The Morgan fingerprint density at radius 3 is 3.00 bits per heavy atom. The van der Waals surface area contributed by atoms with E-state index in [-0.39, 0.29) is 0 Å². The maximum absolute atomic E-state index is 10.1. The molecule has 0 saturated carbocycles. The number of anilines is 1. The molecule has 16 heavy (non-hydrogen) atoms. The molecule has 1 fully saturated rings. The second-order valence-electron chi connectivity index (χ2n) is 3.78. The number of thioether (sulfide) groups is 1. The van der Waals surface area contributed by atoms with Gasteiger partial charge in [0.05, 0.1) is 18.0 Å². The average Bonchev–Trinajstić information content (AvgIpc) is 2.75. The van der Waals surface area contributed by atoms with Crippen molar-refractivity contribution in [3.63, 3.8) is 0 Å². The highest BCUT2D eigenvalue weighted by Crippen LogP contribution is 2.27. The Kier molecular flexibility index (Phi) is 3.27. The van der Waals surface area contributed by atoms with Gasteiger partial charge in [-0.15, -0.1) is 0 Å². The van der Waals surface area contributed by atoms with E-state index in [1.54, 1.807) is 11.8 Å². The fourth-order valence-electron chi connectivity index (χ4n) is 1.47. The van der Waals surface area contributed by atoms with E-state index in [1.165, 1.54) is 12.4 Å². The molecule has 0 spiro atoms. The predicted octanol–water partition coefficient (Wildman–Crippen LogP) is 0.628. The van der Waals surface area contributed by atoms with Crippen LogP contribution >= 0.6 is 11.8 Å². The second kappa shape index (κ2) is 4.68. The van der Waals surface area contributed by atoms with Crippen molar-refractivity contribution in [1.82, 2.24) is 9.97 Å². The lowest BCUT2D eigenvalue weighted by Crippen LogP contribution is -2.36. The van der Waals surface area contributed by atoms with Gasteiger partial charge in [-0.2, -0.15) is 17.0 Å². The summed E-state index contributed by atoms with van der Waals surface area (Å²) in [5.41, 5.74) is -0.346. The largest absolute Gasteiger partial charge is 0.387 e. The molecule has 0 bridgehead atoms. The van der Waals surface area contributed by atoms with Crippen molar-refractivity contribution >= 4 is 17.6 Å². The minimum atomic E-state index is -0.639. The summed E-state index contributed by atoms with van der Waals surface area (Å²) in [6, 6.07) is 1.90. The van der Waals surface area contributed by atoms with Crippen molar-refractivity contribution in [2.24, 2.45) is 0 Å². The Balaban J connectivity index is 1.92. The topological polar surface area (TPSA) is 81.8 Å². The van der Waals surface area contributed by atoms with Gasteiger partial charge in [-0.3, -0.25) is 0 Å². The van der Waals surface area contributed by atoms with Crippen LogP contribution in [0.15, 0.2) is 12.4 Å². The average molecular weight is 236 g/mol. The fourth-order valence-corrected chi connectivity index (χ4v) is 2.76. The normalized spacial score (nSPS) is 24.0. The number of nitrogens with zero attached hydrogens (tertiary/aromatic N) is 3. The summed E-state index contributed by atoms with van der Waals surface area (Å²) in [5, 5.41) is 21.7. The first-order chi connectivity index (χ1) is 7.72. The molecular formula is C10H12N4OS. The lowest BCUT2D eigenvalue weighted by Gasteiger charge is -2.21. The summed E-state index contributed by atoms with van der Waals surface area (Å²) >= 11 is 1.75. The van der Waals surface area contributed by atoms with Crippen molar-refractivity contribution in [2.45, 2.75) is 12.0 Å². The van der Waals surface area contributed by atoms with Crippen LogP contribution in [0, 0.1) is 11.3 Å². The van der Waals surface area contributed by atoms with Gasteiger partial charge < -0.3 is 10.4 Å². The third-order valence-electron chi connectivity index (χ3n) is 2.45. The molecule has 1 aliphatic rings.